The van der Waals surface area contributed by atoms with Gasteiger partial charge >= 0.3 is 0 Å². The van der Waals surface area contributed by atoms with Crippen molar-refractivity contribution in [2.75, 3.05) is 13.1 Å². The van der Waals surface area contributed by atoms with Gasteiger partial charge in [0.2, 0.25) is 0 Å². The van der Waals surface area contributed by atoms with Crippen molar-refractivity contribution in [1.82, 2.24) is 19.9 Å². The van der Waals surface area contributed by atoms with Crippen molar-refractivity contribution in [3.8, 4) is 0 Å². The highest BCUT2D eigenvalue weighted by Crippen LogP contribution is 2.27. The van der Waals surface area contributed by atoms with Crippen molar-refractivity contribution in [2.24, 2.45) is 0 Å². The number of hydrogen-bond acceptors (Lipinski definition) is 5. The Hall–Kier alpha value is -1.33. The average Bonchev–Trinajstić information content (AvgIpc) is 2.92. The fourth-order valence-electron chi connectivity index (χ4n) is 2.59. The molecule has 0 atom stereocenters. The van der Waals surface area contributed by atoms with Gasteiger partial charge in [-0.05, 0) is 32.9 Å². The Morgan fingerprint density at radius 2 is 2.16 bits per heavy atom. The normalized spacial score (nSPS) is 17.7. The number of rotatable bonds is 3. The van der Waals surface area contributed by atoms with Crippen LogP contribution in [0.5, 0.6) is 0 Å². The van der Waals surface area contributed by atoms with E-state index in [2.05, 4.69) is 19.9 Å². The third kappa shape index (κ3) is 3.16. The van der Waals surface area contributed by atoms with E-state index in [4.69, 9.17) is 0 Å². The minimum absolute atomic E-state index is 0.569. The van der Waals surface area contributed by atoms with Crippen LogP contribution in [0.2, 0.25) is 0 Å². The summed E-state index contributed by atoms with van der Waals surface area (Å²) in [5, 5.41) is 3.26. The molecule has 0 aliphatic carbocycles. The maximum absolute atomic E-state index is 4.61. The van der Waals surface area contributed by atoms with Gasteiger partial charge in [0.15, 0.2) is 0 Å². The lowest BCUT2D eigenvalue weighted by atomic mass is 9.94. The molecule has 0 radical (unpaired) electrons. The van der Waals surface area contributed by atoms with Gasteiger partial charge in [-0.3, -0.25) is 14.9 Å². The molecule has 2 aromatic heterocycles. The molecule has 100 valence electrons. The van der Waals surface area contributed by atoms with Crippen LogP contribution in [0.4, 0.5) is 0 Å². The summed E-state index contributed by atoms with van der Waals surface area (Å²) < 4.78 is 0. The minimum atomic E-state index is 0.569. The Morgan fingerprint density at radius 3 is 2.84 bits per heavy atom. The van der Waals surface area contributed by atoms with E-state index in [0.29, 0.717) is 5.92 Å². The van der Waals surface area contributed by atoms with Crippen LogP contribution in [-0.4, -0.2) is 32.9 Å². The first kappa shape index (κ1) is 12.7. The number of likely N-dealkylation sites (tertiary alicyclic amines) is 1. The summed E-state index contributed by atoms with van der Waals surface area (Å²) in [5.74, 6) is 0.569. The summed E-state index contributed by atoms with van der Waals surface area (Å²) in [6.07, 6.45) is 7.97. The fourth-order valence-corrected chi connectivity index (χ4v) is 3.25. The molecular weight excluding hydrogens is 256 g/mol. The Morgan fingerprint density at radius 1 is 1.32 bits per heavy atom. The van der Waals surface area contributed by atoms with Gasteiger partial charge in [-0.25, -0.2) is 4.98 Å². The van der Waals surface area contributed by atoms with Crippen molar-refractivity contribution < 1.29 is 0 Å². The van der Waals surface area contributed by atoms with E-state index in [0.717, 1.165) is 31.0 Å². The highest BCUT2D eigenvalue weighted by atomic mass is 32.1. The van der Waals surface area contributed by atoms with E-state index < -0.39 is 0 Å². The molecule has 0 bridgehead atoms. The summed E-state index contributed by atoms with van der Waals surface area (Å²) in [5.41, 5.74) is 2.18. The molecule has 0 saturated carbocycles. The molecule has 3 heterocycles. The van der Waals surface area contributed by atoms with E-state index in [1.165, 1.54) is 17.8 Å². The first-order valence-corrected chi connectivity index (χ1v) is 7.58. The summed E-state index contributed by atoms with van der Waals surface area (Å²) in [6.45, 7) is 5.25. The van der Waals surface area contributed by atoms with Crippen LogP contribution in [0.15, 0.2) is 24.0 Å². The standard InChI is InChI=1S/C14H18N4S/c1-11-8-15-9-13(17-11)12-2-5-18(6-3-12)10-14-16-4-7-19-14/h4,7-9,12H,2-3,5-6,10H2,1H3. The first-order valence-electron chi connectivity index (χ1n) is 6.70. The van der Waals surface area contributed by atoms with Gasteiger partial charge in [0.25, 0.3) is 0 Å². The number of aromatic nitrogens is 3. The number of thiazole rings is 1. The van der Waals surface area contributed by atoms with Gasteiger partial charge in [-0.2, -0.15) is 0 Å². The van der Waals surface area contributed by atoms with Crippen molar-refractivity contribution >= 4 is 11.3 Å². The lowest BCUT2D eigenvalue weighted by Gasteiger charge is -2.30. The first-order chi connectivity index (χ1) is 9.31. The molecule has 0 N–H and O–H groups in total. The van der Waals surface area contributed by atoms with E-state index in [1.54, 1.807) is 11.3 Å². The molecule has 1 saturated heterocycles. The van der Waals surface area contributed by atoms with Gasteiger partial charge < -0.3 is 0 Å². The maximum atomic E-state index is 4.61. The van der Waals surface area contributed by atoms with Crippen molar-refractivity contribution in [3.05, 3.63) is 40.4 Å². The van der Waals surface area contributed by atoms with Crippen molar-refractivity contribution in [2.45, 2.75) is 32.2 Å². The third-order valence-electron chi connectivity index (χ3n) is 3.62. The number of aryl methyl sites for hydroxylation is 1. The van der Waals surface area contributed by atoms with E-state index in [-0.39, 0.29) is 0 Å². The van der Waals surface area contributed by atoms with Gasteiger partial charge in [0.1, 0.15) is 5.01 Å². The van der Waals surface area contributed by atoms with Gasteiger partial charge in [-0.1, -0.05) is 0 Å². The predicted molar refractivity (Wildman–Crippen MR) is 76.1 cm³/mol. The topological polar surface area (TPSA) is 41.9 Å². The molecule has 1 aliphatic rings. The molecule has 1 aliphatic heterocycles. The van der Waals surface area contributed by atoms with Crippen LogP contribution in [-0.2, 0) is 6.54 Å². The Labute approximate surface area is 117 Å². The molecule has 19 heavy (non-hydrogen) atoms. The van der Waals surface area contributed by atoms with E-state index >= 15 is 0 Å². The second-order valence-corrected chi connectivity index (χ2v) is 6.04. The second-order valence-electron chi connectivity index (χ2n) is 5.06. The molecule has 1 fully saturated rings. The monoisotopic (exact) mass is 274 g/mol. The largest absolute Gasteiger partial charge is 0.297 e. The van der Waals surface area contributed by atoms with Crippen LogP contribution in [0.1, 0.15) is 35.2 Å². The molecule has 0 spiro atoms. The smallest absolute Gasteiger partial charge is 0.107 e. The summed E-state index contributed by atoms with van der Waals surface area (Å²) in [6, 6.07) is 0. The number of piperidine rings is 1. The number of nitrogens with zero attached hydrogens (tertiary/aromatic N) is 4. The predicted octanol–water partition coefficient (Wildman–Crippen LogP) is 2.62. The zero-order valence-corrected chi connectivity index (χ0v) is 11.9. The molecule has 0 aromatic carbocycles. The van der Waals surface area contributed by atoms with Gasteiger partial charge in [0.05, 0.1) is 17.9 Å². The van der Waals surface area contributed by atoms with Crippen LogP contribution < -0.4 is 0 Å². The number of hydrogen-bond donors (Lipinski definition) is 0. The second kappa shape index (κ2) is 5.75. The molecule has 0 amide bonds. The summed E-state index contributed by atoms with van der Waals surface area (Å²) in [4.78, 5) is 15.7. The highest BCUT2D eigenvalue weighted by molar-refractivity contribution is 7.09. The highest BCUT2D eigenvalue weighted by Gasteiger charge is 2.22. The van der Waals surface area contributed by atoms with Crippen molar-refractivity contribution in [3.63, 3.8) is 0 Å². The van der Waals surface area contributed by atoms with Crippen LogP contribution >= 0.6 is 11.3 Å². The molecule has 3 rings (SSSR count). The van der Waals surface area contributed by atoms with E-state index in [1.807, 2.05) is 30.9 Å². The van der Waals surface area contributed by atoms with Crippen LogP contribution in [0, 0.1) is 6.92 Å². The van der Waals surface area contributed by atoms with Gasteiger partial charge in [0, 0.05) is 29.9 Å². The Balaban J connectivity index is 1.57. The summed E-state index contributed by atoms with van der Waals surface area (Å²) in [7, 11) is 0. The SMILES string of the molecule is Cc1cncc(C2CCN(Cc3nccs3)CC2)n1. The fraction of sp³-hybridized carbons (Fsp3) is 0.500. The lowest BCUT2D eigenvalue weighted by Crippen LogP contribution is -2.32. The zero-order valence-electron chi connectivity index (χ0n) is 11.1. The molecule has 4 nitrogen and oxygen atoms in total. The molecule has 5 heteroatoms. The quantitative estimate of drug-likeness (QED) is 0.863. The zero-order chi connectivity index (χ0) is 13.1. The van der Waals surface area contributed by atoms with Crippen LogP contribution in [0.3, 0.4) is 0 Å². The molecule has 0 unspecified atom stereocenters. The van der Waals surface area contributed by atoms with Gasteiger partial charge in [-0.15, -0.1) is 11.3 Å². The molecule has 2 aromatic rings. The summed E-state index contributed by atoms with van der Waals surface area (Å²) >= 11 is 1.74. The molecular formula is C14H18N4S. The Bertz CT molecular complexity index is 518. The minimum Gasteiger partial charge on any atom is -0.297 e. The third-order valence-corrected chi connectivity index (χ3v) is 4.39. The average molecular weight is 274 g/mol. The van der Waals surface area contributed by atoms with Crippen molar-refractivity contribution in [1.29, 1.82) is 0 Å². The van der Waals surface area contributed by atoms with E-state index in [9.17, 15) is 0 Å². The lowest BCUT2D eigenvalue weighted by molar-refractivity contribution is 0.203. The Kier molecular flexibility index (Phi) is 3.84. The maximum Gasteiger partial charge on any atom is 0.107 e. The van der Waals surface area contributed by atoms with Crippen LogP contribution in [0.25, 0.3) is 0 Å².